The molecule has 0 saturated carbocycles. The number of carbonyl (C=O) groups is 1. The van der Waals surface area contributed by atoms with Gasteiger partial charge in [-0.1, -0.05) is 17.9 Å². The van der Waals surface area contributed by atoms with Crippen molar-refractivity contribution in [1.29, 1.82) is 0 Å². The van der Waals surface area contributed by atoms with E-state index in [1.807, 2.05) is 25.9 Å². The van der Waals surface area contributed by atoms with Crippen LogP contribution in [0.4, 0.5) is 30.5 Å². The second-order valence-corrected chi connectivity index (χ2v) is 9.44. The third-order valence-corrected chi connectivity index (χ3v) is 6.70. The lowest BCUT2D eigenvalue weighted by molar-refractivity contribution is -0.137. The summed E-state index contributed by atoms with van der Waals surface area (Å²) in [6, 6.07) is 8.61. The summed E-state index contributed by atoms with van der Waals surface area (Å²) >= 11 is 0. The fraction of sp³-hybridized carbons (Fsp3) is 0.321. The summed E-state index contributed by atoms with van der Waals surface area (Å²) in [5.74, 6) is 5.55. The van der Waals surface area contributed by atoms with Crippen molar-refractivity contribution < 1.29 is 18.0 Å². The summed E-state index contributed by atoms with van der Waals surface area (Å²) in [6.45, 7) is 3.65. The fourth-order valence-corrected chi connectivity index (χ4v) is 4.33. The highest BCUT2D eigenvalue weighted by molar-refractivity contribution is 6.06. The first-order chi connectivity index (χ1) is 18.0. The molecule has 0 unspecified atom stereocenters. The number of nitrogens with one attached hydrogen (secondary N) is 1. The van der Waals surface area contributed by atoms with E-state index in [-0.39, 0.29) is 23.2 Å². The van der Waals surface area contributed by atoms with Gasteiger partial charge in [0.1, 0.15) is 0 Å². The number of carbonyl (C=O) groups excluding carboxylic acids is 1. The first-order valence-corrected chi connectivity index (χ1v) is 12.2. The monoisotopic (exact) mass is 522 g/mol. The maximum Gasteiger partial charge on any atom is 0.416 e. The standard InChI is InChI=1S/C28H29F3N6O/c1-18-4-6-21(14-20(18)7-5-19-16-33-27(32)34-17-19)26(38)35-24-15-22(28(29,30)31)8-9-25(24)37(3)23-10-12-36(2)13-11-23/h4,6,8-9,14-17,23H,10-13H2,1-3H3,(H,35,38)(H2,32,33,34). The topological polar surface area (TPSA) is 87.4 Å². The minimum absolute atomic E-state index is 0.110. The first kappa shape index (κ1) is 26.9. The van der Waals surface area contributed by atoms with Crippen LogP contribution < -0.4 is 16.0 Å². The number of hydrogen-bond donors (Lipinski definition) is 2. The van der Waals surface area contributed by atoms with Crippen LogP contribution in [0.5, 0.6) is 0 Å². The van der Waals surface area contributed by atoms with Crippen molar-refractivity contribution in [3.05, 3.63) is 76.6 Å². The van der Waals surface area contributed by atoms with Crippen molar-refractivity contribution in [2.24, 2.45) is 0 Å². The lowest BCUT2D eigenvalue weighted by atomic mass is 10.0. The summed E-state index contributed by atoms with van der Waals surface area (Å²) < 4.78 is 40.6. The van der Waals surface area contributed by atoms with Gasteiger partial charge >= 0.3 is 6.18 Å². The first-order valence-electron chi connectivity index (χ1n) is 12.2. The molecule has 10 heteroatoms. The van der Waals surface area contributed by atoms with Crippen molar-refractivity contribution in [3.8, 4) is 11.8 Å². The number of anilines is 3. The van der Waals surface area contributed by atoms with Crippen molar-refractivity contribution in [3.63, 3.8) is 0 Å². The molecule has 2 heterocycles. The Morgan fingerprint density at radius 1 is 1.11 bits per heavy atom. The van der Waals surface area contributed by atoms with Gasteiger partial charge < -0.3 is 20.9 Å². The Hall–Kier alpha value is -4.10. The van der Waals surface area contributed by atoms with Gasteiger partial charge in [0.05, 0.1) is 22.5 Å². The molecule has 3 aromatic rings. The predicted molar refractivity (Wildman–Crippen MR) is 142 cm³/mol. The summed E-state index contributed by atoms with van der Waals surface area (Å²) in [4.78, 5) is 25.2. The van der Waals surface area contributed by atoms with E-state index >= 15 is 0 Å². The second kappa shape index (κ2) is 11.1. The molecule has 0 aliphatic carbocycles. The molecule has 1 aromatic heterocycles. The Morgan fingerprint density at radius 2 is 1.79 bits per heavy atom. The Labute approximate surface area is 219 Å². The number of benzene rings is 2. The molecule has 7 nitrogen and oxygen atoms in total. The highest BCUT2D eigenvalue weighted by atomic mass is 19.4. The van der Waals surface area contributed by atoms with Gasteiger partial charge in [0.15, 0.2) is 0 Å². The van der Waals surface area contributed by atoms with E-state index in [9.17, 15) is 18.0 Å². The molecule has 2 aromatic carbocycles. The van der Waals surface area contributed by atoms with Crippen LogP contribution in [-0.4, -0.2) is 54.0 Å². The molecular weight excluding hydrogens is 493 g/mol. The van der Waals surface area contributed by atoms with E-state index in [0.29, 0.717) is 16.8 Å². The molecule has 1 aliphatic heterocycles. The number of hydrogen-bond acceptors (Lipinski definition) is 6. The fourth-order valence-electron chi connectivity index (χ4n) is 4.33. The number of aryl methyl sites for hydroxylation is 1. The number of nitrogens with zero attached hydrogens (tertiary/aromatic N) is 4. The normalized spacial score (nSPS) is 14.5. The van der Waals surface area contributed by atoms with Crippen LogP contribution in [-0.2, 0) is 6.18 Å². The van der Waals surface area contributed by atoms with E-state index in [2.05, 4.69) is 32.0 Å². The smallest absolute Gasteiger partial charge is 0.370 e. The van der Waals surface area contributed by atoms with E-state index in [1.165, 1.54) is 18.5 Å². The zero-order valence-electron chi connectivity index (χ0n) is 21.4. The molecule has 4 rings (SSSR count). The summed E-state index contributed by atoms with van der Waals surface area (Å²) in [5.41, 5.74) is 7.60. The van der Waals surface area contributed by atoms with Crippen molar-refractivity contribution in [1.82, 2.24) is 14.9 Å². The molecule has 0 bridgehead atoms. The van der Waals surface area contributed by atoms with Crippen LogP contribution in [0.1, 0.15) is 45.5 Å². The molecule has 0 atom stereocenters. The van der Waals surface area contributed by atoms with Crippen LogP contribution in [0.25, 0.3) is 0 Å². The molecule has 1 aliphatic rings. The highest BCUT2D eigenvalue weighted by Crippen LogP contribution is 2.37. The summed E-state index contributed by atoms with van der Waals surface area (Å²) in [6.07, 6.45) is 0.206. The third kappa shape index (κ3) is 6.42. The molecule has 0 spiro atoms. The van der Waals surface area contributed by atoms with Gasteiger partial charge in [0.2, 0.25) is 5.95 Å². The van der Waals surface area contributed by atoms with E-state index in [4.69, 9.17) is 5.73 Å². The number of piperidine rings is 1. The molecule has 3 N–H and O–H groups in total. The number of alkyl halides is 3. The number of aromatic nitrogens is 2. The van der Waals surface area contributed by atoms with Gasteiger partial charge in [-0.25, -0.2) is 9.97 Å². The molecular formula is C28H29F3N6O. The van der Waals surface area contributed by atoms with Gasteiger partial charge in [0.25, 0.3) is 5.91 Å². The maximum absolute atomic E-state index is 13.5. The maximum atomic E-state index is 13.5. The van der Waals surface area contributed by atoms with Crippen LogP contribution in [0, 0.1) is 18.8 Å². The predicted octanol–water partition coefficient (Wildman–Crippen LogP) is 4.57. The molecule has 38 heavy (non-hydrogen) atoms. The average Bonchev–Trinajstić information content (AvgIpc) is 2.88. The molecule has 1 saturated heterocycles. The average molecular weight is 523 g/mol. The van der Waals surface area contributed by atoms with Gasteiger partial charge in [-0.2, -0.15) is 13.2 Å². The van der Waals surface area contributed by atoms with Gasteiger partial charge in [-0.3, -0.25) is 4.79 Å². The number of halogens is 3. The Bertz CT molecular complexity index is 1370. The number of rotatable bonds is 4. The van der Waals surface area contributed by atoms with E-state index in [1.54, 1.807) is 18.2 Å². The summed E-state index contributed by atoms with van der Waals surface area (Å²) in [5, 5.41) is 2.72. The van der Waals surface area contributed by atoms with Crippen LogP contribution in [0.2, 0.25) is 0 Å². The van der Waals surface area contributed by atoms with Gasteiger partial charge in [0, 0.05) is 36.6 Å². The second-order valence-electron chi connectivity index (χ2n) is 9.44. The molecule has 1 amide bonds. The van der Waals surface area contributed by atoms with Gasteiger partial charge in [-0.05, 0) is 75.8 Å². The number of nitrogen functional groups attached to an aromatic ring is 1. The lowest BCUT2D eigenvalue weighted by Gasteiger charge is -2.37. The Morgan fingerprint density at radius 3 is 2.45 bits per heavy atom. The largest absolute Gasteiger partial charge is 0.416 e. The van der Waals surface area contributed by atoms with E-state index in [0.717, 1.165) is 43.6 Å². The molecule has 0 radical (unpaired) electrons. The van der Waals surface area contributed by atoms with Crippen molar-refractivity contribution in [2.45, 2.75) is 32.0 Å². The minimum atomic E-state index is -4.54. The minimum Gasteiger partial charge on any atom is -0.370 e. The summed E-state index contributed by atoms with van der Waals surface area (Å²) in [7, 11) is 3.90. The van der Waals surface area contributed by atoms with Crippen LogP contribution >= 0.6 is 0 Å². The Balaban J connectivity index is 1.62. The third-order valence-electron chi connectivity index (χ3n) is 6.70. The highest BCUT2D eigenvalue weighted by Gasteiger charge is 2.32. The van der Waals surface area contributed by atoms with E-state index < -0.39 is 17.6 Å². The zero-order valence-corrected chi connectivity index (χ0v) is 21.4. The van der Waals surface area contributed by atoms with Crippen LogP contribution in [0.15, 0.2) is 48.8 Å². The van der Waals surface area contributed by atoms with Crippen molar-refractivity contribution in [2.75, 3.05) is 43.1 Å². The van der Waals surface area contributed by atoms with Crippen molar-refractivity contribution >= 4 is 23.2 Å². The number of amides is 1. The van der Waals surface area contributed by atoms with Crippen LogP contribution in [0.3, 0.4) is 0 Å². The molecule has 198 valence electrons. The van der Waals surface area contributed by atoms with Gasteiger partial charge in [-0.15, -0.1) is 0 Å². The number of likely N-dealkylation sites (tertiary alicyclic amines) is 1. The molecule has 1 fully saturated rings. The number of nitrogens with two attached hydrogens (primary N) is 1. The zero-order chi connectivity index (χ0) is 27.4. The Kier molecular flexibility index (Phi) is 7.88. The lowest BCUT2D eigenvalue weighted by Crippen LogP contribution is -2.42. The SMILES string of the molecule is Cc1ccc(C(=O)Nc2cc(C(F)(F)F)ccc2N(C)C2CCN(C)CC2)cc1C#Cc1cnc(N)nc1. The quantitative estimate of drug-likeness (QED) is 0.489.